The fourth-order valence-electron chi connectivity index (χ4n) is 1.33. The van der Waals surface area contributed by atoms with Gasteiger partial charge in [0.15, 0.2) is 0 Å². The number of amides is 1. The molecule has 0 aromatic heterocycles. The van der Waals surface area contributed by atoms with Crippen LogP contribution in [0.15, 0.2) is 18.2 Å². The standard InChI is InChI=1S/C14H19Cl2NO3/c1-3-14(2,19)9-17-13(18)6-7-20-10-4-5-11(15)12(16)8-10/h4-5,8,19H,3,6-7,9H2,1-2H3,(H,17,18). The van der Waals surface area contributed by atoms with Crippen LogP contribution in [0.25, 0.3) is 0 Å². The predicted molar refractivity (Wildman–Crippen MR) is 80.5 cm³/mol. The van der Waals surface area contributed by atoms with Crippen molar-refractivity contribution in [1.82, 2.24) is 5.32 Å². The molecule has 0 radical (unpaired) electrons. The second kappa shape index (κ2) is 7.72. The molecule has 0 spiro atoms. The van der Waals surface area contributed by atoms with E-state index in [9.17, 15) is 9.90 Å². The van der Waals surface area contributed by atoms with Crippen LogP contribution in [-0.2, 0) is 4.79 Å². The van der Waals surface area contributed by atoms with Crippen molar-refractivity contribution in [3.63, 3.8) is 0 Å². The molecule has 0 aliphatic carbocycles. The zero-order chi connectivity index (χ0) is 15.2. The Balaban J connectivity index is 2.30. The minimum absolute atomic E-state index is 0.168. The Bertz CT molecular complexity index is 464. The third-order valence-corrected chi connectivity index (χ3v) is 3.66. The average molecular weight is 320 g/mol. The third kappa shape index (κ3) is 5.99. The van der Waals surface area contributed by atoms with Gasteiger partial charge in [-0.05, 0) is 25.5 Å². The lowest BCUT2D eigenvalue weighted by atomic mass is 10.0. The molecule has 0 aliphatic heterocycles. The normalized spacial score (nSPS) is 13.7. The molecule has 1 atom stereocenters. The highest BCUT2D eigenvalue weighted by Gasteiger charge is 2.18. The third-order valence-electron chi connectivity index (χ3n) is 2.92. The molecular weight excluding hydrogens is 301 g/mol. The van der Waals surface area contributed by atoms with Gasteiger partial charge in [-0.25, -0.2) is 0 Å². The van der Waals surface area contributed by atoms with Gasteiger partial charge in [-0.3, -0.25) is 4.79 Å². The molecule has 0 bridgehead atoms. The molecule has 0 aliphatic rings. The van der Waals surface area contributed by atoms with Crippen molar-refractivity contribution in [3.05, 3.63) is 28.2 Å². The Morgan fingerprint density at radius 2 is 2.10 bits per heavy atom. The van der Waals surface area contributed by atoms with E-state index < -0.39 is 5.60 Å². The maximum absolute atomic E-state index is 11.6. The average Bonchev–Trinajstić information content (AvgIpc) is 2.41. The van der Waals surface area contributed by atoms with E-state index in [-0.39, 0.29) is 25.5 Å². The van der Waals surface area contributed by atoms with Crippen LogP contribution in [0.1, 0.15) is 26.7 Å². The molecule has 1 amide bonds. The van der Waals surface area contributed by atoms with Crippen molar-refractivity contribution in [3.8, 4) is 5.75 Å². The summed E-state index contributed by atoms with van der Waals surface area (Å²) in [5, 5.41) is 13.3. The Kier molecular flexibility index (Phi) is 6.59. The predicted octanol–water partition coefficient (Wildman–Crippen LogP) is 3.04. The summed E-state index contributed by atoms with van der Waals surface area (Å²) < 4.78 is 5.40. The minimum Gasteiger partial charge on any atom is -0.493 e. The topological polar surface area (TPSA) is 58.6 Å². The molecule has 112 valence electrons. The lowest BCUT2D eigenvalue weighted by Crippen LogP contribution is -2.40. The van der Waals surface area contributed by atoms with Crippen LogP contribution in [0.4, 0.5) is 0 Å². The summed E-state index contributed by atoms with van der Waals surface area (Å²) in [6.07, 6.45) is 0.785. The molecule has 4 nitrogen and oxygen atoms in total. The highest BCUT2D eigenvalue weighted by Crippen LogP contribution is 2.26. The van der Waals surface area contributed by atoms with E-state index in [0.717, 1.165) is 0 Å². The molecule has 1 rings (SSSR count). The Morgan fingerprint density at radius 1 is 1.40 bits per heavy atom. The van der Waals surface area contributed by atoms with Gasteiger partial charge in [0.1, 0.15) is 5.75 Å². The van der Waals surface area contributed by atoms with Gasteiger partial charge < -0.3 is 15.2 Å². The number of carbonyl (C=O) groups is 1. The fraction of sp³-hybridized carbons (Fsp3) is 0.500. The number of hydrogen-bond acceptors (Lipinski definition) is 3. The first-order valence-corrected chi connectivity index (χ1v) is 7.16. The van der Waals surface area contributed by atoms with Crippen LogP contribution in [0, 0.1) is 0 Å². The summed E-state index contributed by atoms with van der Waals surface area (Å²) in [5.74, 6) is 0.395. The van der Waals surface area contributed by atoms with E-state index >= 15 is 0 Å². The van der Waals surface area contributed by atoms with Crippen molar-refractivity contribution in [2.45, 2.75) is 32.3 Å². The van der Waals surface area contributed by atoms with Crippen molar-refractivity contribution < 1.29 is 14.6 Å². The van der Waals surface area contributed by atoms with Gasteiger partial charge in [0.05, 0.1) is 28.7 Å². The molecule has 0 heterocycles. The van der Waals surface area contributed by atoms with E-state index in [4.69, 9.17) is 27.9 Å². The van der Waals surface area contributed by atoms with Crippen LogP contribution in [0.2, 0.25) is 10.0 Å². The second-order valence-electron chi connectivity index (χ2n) is 4.80. The lowest BCUT2D eigenvalue weighted by Gasteiger charge is -2.21. The second-order valence-corrected chi connectivity index (χ2v) is 5.62. The first-order chi connectivity index (χ1) is 9.34. The first kappa shape index (κ1) is 17.1. The van der Waals surface area contributed by atoms with Gasteiger partial charge in [-0.15, -0.1) is 0 Å². The van der Waals surface area contributed by atoms with Crippen molar-refractivity contribution in [1.29, 1.82) is 0 Å². The van der Waals surface area contributed by atoms with E-state index in [0.29, 0.717) is 22.2 Å². The van der Waals surface area contributed by atoms with Crippen molar-refractivity contribution in [2.75, 3.05) is 13.2 Å². The van der Waals surface area contributed by atoms with Gasteiger partial charge in [-0.1, -0.05) is 30.1 Å². The first-order valence-electron chi connectivity index (χ1n) is 6.41. The molecule has 1 unspecified atom stereocenters. The molecule has 6 heteroatoms. The minimum atomic E-state index is -0.875. The Hall–Kier alpha value is -0.970. The Morgan fingerprint density at radius 3 is 2.70 bits per heavy atom. The van der Waals surface area contributed by atoms with E-state index in [1.807, 2.05) is 6.92 Å². The zero-order valence-corrected chi connectivity index (χ0v) is 13.1. The number of halogens is 2. The summed E-state index contributed by atoms with van der Waals surface area (Å²) >= 11 is 11.6. The van der Waals surface area contributed by atoms with Gasteiger partial charge in [0.2, 0.25) is 5.91 Å². The summed E-state index contributed by atoms with van der Waals surface area (Å²) in [6.45, 7) is 4.01. The number of nitrogens with one attached hydrogen (secondary N) is 1. The number of carbonyl (C=O) groups excluding carboxylic acids is 1. The van der Waals surface area contributed by atoms with Gasteiger partial charge in [0, 0.05) is 12.6 Å². The Labute approximate surface area is 129 Å². The number of ether oxygens (including phenoxy) is 1. The number of hydrogen-bond donors (Lipinski definition) is 2. The van der Waals surface area contributed by atoms with E-state index in [2.05, 4.69) is 5.32 Å². The van der Waals surface area contributed by atoms with Crippen molar-refractivity contribution in [2.24, 2.45) is 0 Å². The van der Waals surface area contributed by atoms with Gasteiger partial charge >= 0.3 is 0 Å². The molecule has 20 heavy (non-hydrogen) atoms. The molecule has 1 aromatic rings. The maximum atomic E-state index is 11.6. The van der Waals surface area contributed by atoms with Crippen LogP contribution in [0.5, 0.6) is 5.75 Å². The van der Waals surface area contributed by atoms with Gasteiger partial charge in [-0.2, -0.15) is 0 Å². The van der Waals surface area contributed by atoms with Crippen LogP contribution >= 0.6 is 23.2 Å². The summed E-state index contributed by atoms with van der Waals surface area (Å²) in [5.41, 5.74) is -0.875. The summed E-state index contributed by atoms with van der Waals surface area (Å²) in [6, 6.07) is 4.93. The highest BCUT2D eigenvalue weighted by molar-refractivity contribution is 6.42. The highest BCUT2D eigenvalue weighted by atomic mass is 35.5. The van der Waals surface area contributed by atoms with Crippen LogP contribution in [-0.4, -0.2) is 29.8 Å². The molecule has 2 N–H and O–H groups in total. The van der Waals surface area contributed by atoms with E-state index in [1.54, 1.807) is 25.1 Å². The number of rotatable bonds is 7. The molecule has 1 aromatic carbocycles. The maximum Gasteiger partial charge on any atom is 0.223 e. The van der Waals surface area contributed by atoms with Crippen LogP contribution in [0.3, 0.4) is 0 Å². The quantitative estimate of drug-likeness (QED) is 0.812. The monoisotopic (exact) mass is 319 g/mol. The SMILES string of the molecule is CCC(C)(O)CNC(=O)CCOc1ccc(Cl)c(Cl)c1. The lowest BCUT2D eigenvalue weighted by molar-refractivity contribution is -0.122. The summed E-state index contributed by atoms with van der Waals surface area (Å²) in [7, 11) is 0. The van der Waals surface area contributed by atoms with Crippen LogP contribution < -0.4 is 10.1 Å². The summed E-state index contributed by atoms with van der Waals surface area (Å²) in [4.78, 5) is 11.6. The van der Waals surface area contributed by atoms with E-state index in [1.165, 1.54) is 0 Å². The zero-order valence-electron chi connectivity index (χ0n) is 11.6. The molecular formula is C14H19Cl2NO3. The number of aliphatic hydroxyl groups is 1. The molecule has 0 saturated carbocycles. The molecule has 0 saturated heterocycles. The fourth-order valence-corrected chi connectivity index (χ4v) is 1.62. The van der Waals surface area contributed by atoms with Crippen molar-refractivity contribution >= 4 is 29.1 Å². The van der Waals surface area contributed by atoms with Gasteiger partial charge in [0.25, 0.3) is 0 Å². The largest absolute Gasteiger partial charge is 0.493 e. The molecule has 0 fully saturated rings. The number of benzene rings is 1. The smallest absolute Gasteiger partial charge is 0.223 e.